The van der Waals surface area contributed by atoms with Crippen molar-refractivity contribution in [2.75, 3.05) is 20.6 Å². The van der Waals surface area contributed by atoms with Gasteiger partial charge in [0.15, 0.2) is 0 Å². The van der Waals surface area contributed by atoms with E-state index in [1.165, 1.54) is 25.7 Å². The Kier molecular flexibility index (Phi) is 5.65. The van der Waals surface area contributed by atoms with Crippen LogP contribution in [-0.2, 0) is 0 Å². The summed E-state index contributed by atoms with van der Waals surface area (Å²) in [6, 6.07) is 6.17. The third kappa shape index (κ3) is 4.45. The molecule has 0 unspecified atom stereocenters. The van der Waals surface area contributed by atoms with Crippen molar-refractivity contribution in [1.29, 1.82) is 0 Å². The summed E-state index contributed by atoms with van der Waals surface area (Å²) in [4.78, 5) is 14.5. The van der Waals surface area contributed by atoms with E-state index in [1.54, 1.807) is 6.07 Å². The molecule has 4 heteroatoms. The molecule has 2 rings (SSSR count). The number of carbonyl (C=O) groups is 1. The zero-order chi connectivity index (χ0) is 15.4. The van der Waals surface area contributed by atoms with Gasteiger partial charge in [0.2, 0.25) is 0 Å². The molecule has 0 atom stereocenters. The van der Waals surface area contributed by atoms with Gasteiger partial charge >= 0.3 is 0 Å². The number of nitrogens with zero attached hydrogens (tertiary/aromatic N) is 1. The molecule has 1 aliphatic rings. The van der Waals surface area contributed by atoms with Gasteiger partial charge in [0.25, 0.3) is 5.91 Å². The predicted molar refractivity (Wildman–Crippen MR) is 88.0 cm³/mol. The molecule has 1 fully saturated rings. The van der Waals surface area contributed by atoms with Crippen molar-refractivity contribution < 1.29 is 4.79 Å². The average Bonchev–Trinajstić information content (AvgIpc) is 2.48. The van der Waals surface area contributed by atoms with Gasteiger partial charge in [-0.2, -0.15) is 0 Å². The van der Waals surface area contributed by atoms with Crippen LogP contribution in [0, 0.1) is 12.8 Å². The van der Waals surface area contributed by atoms with E-state index in [9.17, 15) is 4.79 Å². The maximum absolute atomic E-state index is 12.1. The van der Waals surface area contributed by atoms with Gasteiger partial charge in [-0.05, 0) is 70.3 Å². The minimum absolute atomic E-state index is 0.0216. The first kappa shape index (κ1) is 16.3. The number of nitrogens with one attached hydrogen (secondary N) is 1. The molecular formula is C17H25ClN2O. The fraction of sp³-hybridized carbons (Fsp3) is 0.588. The second-order valence-electron chi connectivity index (χ2n) is 6.31. The topological polar surface area (TPSA) is 32.3 Å². The van der Waals surface area contributed by atoms with Crippen LogP contribution in [-0.4, -0.2) is 37.5 Å². The van der Waals surface area contributed by atoms with Gasteiger partial charge in [0.05, 0.1) is 0 Å². The Bertz CT molecular complexity index is 494. The number of aryl methyl sites for hydroxylation is 1. The number of benzene rings is 1. The fourth-order valence-electron chi connectivity index (χ4n) is 2.94. The molecule has 0 aliphatic heterocycles. The zero-order valence-corrected chi connectivity index (χ0v) is 13.9. The van der Waals surface area contributed by atoms with E-state index in [-0.39, 0.29) is 5.91 Å². The van der Waals surface area contributed by atoms with Crippen molar-refractivity contribution >= 4 is 17.5 Å². The van der Waals surface area contributed by atoms with Crippen LogP contribution < -0.4 is 5.32 Å². The number of hydrogen-bond acceptors (Lipinski definition) is 2. The number of amides is 1. The molecule has 1 saturated carbocycles. The van der Waals surface area contributed by atoms with Crippen molar-refractivity contribution in [3.63, 3.8) is 0 Å². The molecule has 1 aliphatic carbocycles. The molecule has 116 valence electrons. The molecule has 0 aromatic heterocycles. The Morgan fingerprint density at radius 2 is 1.95 bits per heavy atom. The smallest absolute Gasteiger partial charge is 0.251 e. The lowest BCUT2D eigenvalue weighted by atomic mass is 9.85. The molecule has 1 amide bonds. The maximum Gasteiger partial charge on any atom is 0.251 e. The van der Waals surface area contributed by atoms with E-state index in [0.29, 0.717) is 22.5 Å². The number of rotatable bonds is 4. The highest BCUT2D eigenvalue weighted by atomic mass is 35.5. The SMILES string of the molecule is Cc1ccc(C(=O)NCC2CCC(N(C)C)CC2)cc1Cl. The number of carbonyl (C=O) groups excluding carboxylic acids is 1. The van der Waals surface area contributed by atoms with E-state index in [4.69, 9.17) is 11.6 Å². The molecule has 0 radical (unpaired) electrons. The quantitative estimate of drug-likeness (QED) is 0.923. The molecule has 3 nitrogen and oxygen atoms in total. The average molecular weight is 309 g/mol. The van der Waals surface area contributed by atoms with E-state index in [0.717, 1.165) is 12.1 Å². The first-order valence-electron chi connectivity index (χ1n) is 7.68. The van der Waals surface area contributed by atoms with Gasteiger partial charge in [0, 0.05) is 23.2 Å². The summed E-state index contributed by atoms with van der Waals surface area (Å²) in [6.07, 6.45) is 4.84. The predicted octanol–water partition coefficient (Wildman–Crippen LogP) is 3.50. The van der Waals surface area contributed by atoms with Gasteiger partial charge in [-0.15, -0.1) is 0 Å². The van der Waals surface area contributed by atoms with Gasteiger partial charge in [-0.1, -0.05) is 17.7 Å². The largest absolute Gasteiger partial charge is 0.352 e. The van der Waals surface area contributed by atoms with Crippen LogP contribution in [0.15, 0.2) is 18.2 Å². The molecule has 1 aromatic carbocycles. The standard InChI is InChI=1S/C17H25ClN2O/c1-12-4-7-14(10-16(12)18)17(21)19-11-13-5-8-15(9-6-13)20(2)3/h4,7,10,13,15H,5-6,8-9,11H2,1-3H3,(H,19,21). The summed E-state index contributed by atoms with van der Waals surface area (Å²) >= 11 is 6.07. The van der Waals surface area contributed by atoms with Crippen LogP contribution in [0.4, 0.5) is 0 Å². The highest BCUT2D eigenvalue weighted by Crippen LogP contribution is 2.26. The molecule has 0 heterocycles. The lowest BCUT2D eigenvalue weighted by Crippen LogP contribution is -2.36. The normalized spacial score (nSPS) is 22.3. The lowest BCUT2D eigenvalue weighted by molar-refractivity contribution is 0.0938. The highest BCUT2D eigenvalue weighted by molar-refractivity contribution is 6.31. The molecule has 1 N–H and O–H groups in total. The minimum Gasteiger partial charge on any atom is -0.352 e. The second-order valence-corrected chi connectivity index (χ2v) is 6.72. The van der Waals surface area contributed by atoms with Gasteiger partial charge in [0.1, 0.15) is 0 Å². The first-order valence-corrected chi connectivity index (χ1v) is 8.06. The Morgan fingerprint density at radius 1 is 1.29 bits per heavy atom. The summed E-state index contributed by atoms with van der Waals surface area (Å²) in [5.74, 6) is 0.581. The third-order valence-corrected chi connectivity index (χ3v) is 4.94. The van der Waals surface area contributed by atoms with Crippen LogP contribution in [0.5, 0.6) is 0 Å². The van der Waals surface area contributed by atoms with Gasteiger partial charge in [-0.3, -0.25) is 4.79 Å². The second kappa shape index (κ2) is 7.28. The number of halogens is 1. The van der Waals surface area contributed by atoms with E-state index < -0.39 is 0 Å². The van der Waals surface area contributed by atoms with Crippen molar-refractivity contribution in [2.24, 2.45) is 5.92 Å². The van der Waals surface area contributed by atoms with Crippen LogP contribution >= 0.6 is 11.6 Å². The molecular weight excluding hydrogens is 284 g/mol. The summed E-state index contributed by atoms with van der Waals surface area (Å²) in [7, 11) is 4.29. The van der Waals surface area contributed by atoms with Crippen LogP contribution in [0.1, 0.15) is 41.6 Å². The summed E-state index contributed by atoms with van der Waals surface area (Å²) in [6.45, 7) is 2.71. The Labute approximate surface area is 132 Å². The monoisotopic (exact) mass is 308 g/mol. The number of hydrogen-bond donors (Lipinski definition) is 1. The Balaban J connectivity index is 1.81. The fourth-order valence-corrected chi connectivity index (χ4v) is 3.12. The van der Waals surface area contributed by atoms with E-state index in [2.05, 4.69) is 24.3 Å². The summed E-state index contributed by atoms with van der Waals surface area (Å²) < 4.78 is 0. The van der Waals surface area contributed by atoms with Crippen LogP contribution in [0.2, 0.25) is 5.02 Å². The van der Waals surface area contributed by atoms with Crippen molar-refractivity contribution in [3.8, 4) is 0 Å². The Morgan fingerprint density at radius 3 is 2.52 bits per heavy atom. The van der Waals surface area contributed by atoms with Crippen LogP contribution in [0.3, 0.4) is 0 Å². The first-order chi connectivity index (χ1) is 9.97. The summed E-state index contributed by atoms with van der Waals surface area (Å²) in [5, 5.41) is 3.70. The van der Waals surface area contributed by atoms with Crippen molar-refractivity contribution in [1.82, 2.24) is 10.2 Å². The lowest BCUT2D eigenvalue weighted by Gasteiger charge is -2.32. The third-order valence-electron chi connectivity index (χ3n) is 4.53. The minimum atomic E-state index is -0.0216. The highest BCUT2D eigenvalue weighted by Gasteiger charge is 2.22. The van der Waals surface area contributed by atoms with Crippen molar-refractivity contribution in [2.45, 2.75) is 38.6 Å². The van der Waals surface area contributed by atoms with Crippen molar-refractivity contribution in [3.05, 3.63) is 34.3 Å². The molecule has 0 bridgehead atoms. The molecule has 1 aromatic rings. The van der Waals surface area contributed by atoms with E-state index in [1.807, 2.05) is 19.1 Å². The van der Waals surface area contributed by atoms with Gasteiger partial charge in [-0.25, -0.2) is 0 Å². The molecule has 0 spiro atoms. The molecule has 0 saturated heterocycles. The van der Waals surface area contributed by atoms with E-state index >= 15 is 0 Å². The Hall–Kier alpha value is -1.06. The zero-order valence-electron chi connectivity index (χ0n) is 13.2. The summed E-state index contributed by atoms with van der Waals surface area (Å²) in [5.41, 5.74) is 1.64. The maximum atomic E-state index is 12.1. The van der Waals surface area contributed by atoms with Crippen LogP contribution in [0.25, 0.3) is 0 Å². The van der Waals surface area contributed by atoms with Gasteiger partial charge < -0.3 is 10.2 Å². The molecule has 21 heavy (non-hydrogen) atoms.